The van der Waals surface area contributed by atoms with Crippen molar-refractivity contribution >= 4 is 11.9 Å². The lowest BCUT2D eigenvalue weighted by Crippen LogP contribution is -2.40. The van der Waals surface area contributed by atoms with Crippen molar-refractivity contribution in [1.29, 1.82) is 0 Å². The first-order valence-corrected chi connectivity index (χ1v) is 6.61. The molecule has 0 aromatic carbocycles. The molecule has 0 spiro atoms. The van der Waals surface area contributed by atoms with Crippen molar-refractivity contribution in [2.24, 2.45) is 13.0 Å². The molecule has 1 N–H and O–H groups in total. The summed E-state index contributed by atoms with van der Waals surface area (Å²) in [5, 5.41) is 8.99. The van der Waals surface area contributed by atoms with Crippen LogP contribution in [0.15, 0.2) is 23.0 Å². The normalized spacial score (nSPS) is 15.7. The summed E-state index contributed by atoms with van der Waals surface area (Å²) in [5.41, 5.74) is 0.0415. The van der Waals surface area contributed by atoms with Gasteiger partial charge in [-0.1, -0.05) is 13.0 Å². The van der Waals surface area contributed by atoms with Crippen LogP contribution in [0.3, 0.4) is 0 Å². The van der Waals surface area contributed by atoms with E-state index in [4.69, 9.17) is 5.11 Å². The number of amides is 1. The zero-order valence-corrected chi connectivity index (χ0v) is 11.6. The summed E-state index contributed by atoms with van der Waals surface area (Å²) in [6.07, 6.45) is 1.78. The number of carbonyl (C=O) groups excluding carboxylic acids is 1. The van der Waals surface area contributed by atoms with Crippen molar-refractivity contribution in [3.05, 3.63) is 34.2 Å². The van der Waals surface area contributed by atoms with Gasteiger partial charge in [-0.05, 0) is 18.9 Å². The quantitative estimate of drug-likeness (QED) is 0.860. The van der Waals surface area contributed by atoms with Crippen LogP contribution in [0.25, 0.3) is 0 Å². The number of hydrogen-bond donors (Lipinski definition) is 1. The molecule has 2 rings (SSSR count). The van der Waals surface area contributed by atoms with Gasteiger partial charge in [-0.3, -0.25) is 14.4 Å². The fourth-order valence-corrected chi connectivity index (χ4v) is 2.08. The molecule has 6 heteroatoms. The van der Waals surface area contributed by atoms with Crippen molar-refractivity contribution in [2.45, 2.75) is 25.8 Å². The van der Waals surface area contributed by atoms with Crippen molar-refractivity contribution in [2.75, 3.05) is 6.54 Å². The molecule has 0 radical (unpaired) electrons. The zero-order chi connectivity index (χ0) is 14.9. The van der Waals surface area contributed by atoms with E-state index >= 15 is 0 Å². The van der Waals surface area contributed by atoms with E-state index in [2.05, 4.69) is 0 Å². The van der Waals surface area contributed by atoms with E-state index in [1.807, 2.05) is 0 Å². The van der Waals surface area contributed by atoms with Gasteiger partial charge < -0.3 is 14.6 Å². The predicted octanol–water partition coefficient (Wildman–Crippen LogP) is 0.711. The van der Waals surface area contributed by atoms with Gasteiger partial charge in [-0.2, -0.15) is 0 Å². The fourth-order valence-electron chi connectivity index (χ4n) is 2.08. The van der Waals surface area contributed by atoms with Crippen LogP contribution in [0.1, 0.15) is 30.3 Å². The number of carbonyl (C=O) groups is 2. The van der Waals surface area contributed by atoms with Gasteiger partial charge in [0.1, 0.15) is 5.69 Å². The Morgan fingerprint density at radius 3 is 2.65 bits per heavy atom. The summed E-state index contributed by atoms with van der Waals surface area (Å²) in [4.78, 5) is 36.7. The van der Waals surface area contributed by atoms with Crippen LogP contribution in [-0.4, -0.2) is 39.0 Å². The Morgan fingerprint density at radius 2 is 2.10 bits per heavy atom. The van der Waals surface area contributed by atoms with Gasteiger partial charge in [0, 0.05) is 25.7 Å². The van der Waals surface area contributed by atoms with Gasteiger partial charge in [0.15, 0.2) is 0 Å². The highest BCUT2D eigenvalue weighted by molar-refractivity contribution is 5.93. The molecule has 1 fully saturated rings. The molecular weight excluding hydrogens is 260 g/mol. The number of rotatable bonds is 5. The summed E-state index contributed by atoms with van der Waals surface area (Å²) < 4.78 is 1.29. The Balaban J connectivity index is 2.25. The first-order chi connectivity index (χ1) is 9.41. The van der Waals surface area contributed by atoms with Gasteiger partial charge in [-0.25, -0.2) is 0 Å². The van der Waals surface area contributed by atoms with E-state index in [-0.39, 0.29) is 24.1 Å². The van der Waals surface area contributed by atoms with Crippen LogP contribution >= 0.6 is 0 Å². The second-order valence-electron chi connectivity index (χ2n) is 5.24. The molecule has 1 aromatic heterocycles. The molecule has 108 valence electrons. The Hall–Kier alpha value is -2.11. The summed E-state index contributed by atoms with van der Waals surface area (Å²) in [5.74, 6) is -1.83. The number of aromatic nitrogens is 1. The molecule has 20 heavy (non-hydrogen) atoms. The average molecular weight is 278 g/mol. The molecule has 1 saturated carbocycles. The highest BCUT2D eigenvalue weighted by Gasteiger charge is 2.35. The standard InChI is InChI=1S/C14H18N2O4/c1-9(14(19)20)8-16(10-6-7-10)13(18)11-4-3-5-12(17)15(11)2/h3-5,9-10H,6-8H2,1-2H3,(H,19,20). The van der Waals surface area contributed by atoms with Crippen molar-refractivity contribution in [3.63, 3.8) is 0 Å². The Kier molecular flexibility index (Phi) is 3.92. The molecule has 1 aliphatic carbocycles. The maximum absolute atomic E-state index is 12.5. The third kappa shape index (κ3) is 2.89. The molecule has 0 bridgehead atoms. The topological polar surface area (TPSA) is 79.6 Å². The summed E-state index contributed by atoms with van der Waals surface area (Å²) in [6.45, 7) is 1.75. The molecule has 1 atom stereocenters. The molecule has 1 amide bonds. The van der Waals surface area contributed by atoms with Crippen LogP contribution < -0.4 is 5.56 Å². The van der Waals surface area contributed by atoms with Gasteiger partial charge in [-0.15, -0.1) is 0 Å². The molecule has 6 nitrogen and oxygen atoms in total. The maximum Gasteiger partial charge on any atom is 0.308 e. The third-order valence-corrected chi connectivity index (χ3v) is 3.54. The van der Waals surface area contributed by atoms with Crippen molar-refractivity contribution in [1.82, 2.24) is 9.47 Å². The van der Waals surface area contributed by atoms with E-state index in [9.17, 15) is 14.4 Å². The lowest BCUT2D eigenvalue weighted by molar-refractivity contribution is -0.141. The van der Waals surface area contributed by atoms with Crippen LogP contribution in [0.5, 0.6) is 0 Å². The summed E-state index contributed by atoms with van der Waals surface area (Å²) in [7, 11) is 1.54. The molecule has 0 saturated heterocycles. The smallest absolute Gasteiger partial charge is 0.308 e. The molecule has 1 aliphatic rings. The SMILES string of the molecule is CC(CN(C(=O)c1cccc(=O)n1C)C1CC1)C(=O)O. The summed E-state index contributed by atoms with van der Waals surface area (Å²) >= 11 is 0. The molecule has 1 aromatic rings. The van der Waals surface area contributed by atoms with Crippen LogP contribution in [0.2, 0.25) is 0 Å². The second-order valence-corrected chi connectivity index (χ2v) is 5.24. The Bertz CT molecular complexity index is 589. The molecule has 1 unspecified atom stereocenters. The van der Waals surface area contributed by atoms with Gasteiger partial charge >= 0.3 is 5.97 Å². The predicted molar refractivity (Wildman–Crippen MR) is 72.5 cm³/mol. The number of hydrogen-bond acceptors (Lipinski definition) is 3. The lowest BCUT2D eigenvalue weighted by atomic mass is 10.1. The van der Waals surface area contributed by atoms with Gasteiger partial charge in [0.05, 0.1) is 5.92 Å². The Labute approximate surface area is 116 Å². The lowest BCUT2D eigenvalue weighted by Gasteiger charge is -2.25. The van der Waals surface area contributed by atoms with Crippen LogP contribution in [0.4, 0.5) is 0 Å². The van der Waals surface area contributed by atoms with E-state index < -0.39 is 11.9 Å². The molecule has 0 aliphatic heterocycles. The number of carboxylic acid groups (broad SMARTS) is 1. The zero-order valence-electron chi connectivity index (χ0n) is 11.6. The highest BCUT2D eigenvalue weighted by Crippen LogP contribution is 2.28. The summed E-state index contributed by atoms with van der Waals surface area (Å²) in [6, 6.07) is 4.61. The third-order valence-electron chi connectivity index (χ3n) is 3.54. The number of pyridine rings is 1. The number of aliphatic carboxylic acids is 1. The average Bonchev–Trinajstić information content (AvgIpc) is 3.22. The van der Waals surface area contributed by atoms with E-state index in [1.165, 1.54) is 10.6 Å². The number of carboxylic acids is 1. The molecular formula is C14H18N2O4. The van der Waals surface area contributed by atoms with Gasteiger partial charge in [0.25, 0.3) is 11.5 Å². The van der Waals surface area contributed by atoms with Crippen molar-refractivity contribution < 1.29 is 14.7 Å². The fraction of sp³-hybridized carbons (Fsp3) is 0.500. The minimum Gasteiger partial charge on any atom is -0.481 e. The highest BCUT2D eigenvalue weighted by atomic mass is 16.4. The minimum absolute atomic E-state index is 0.0969. The first-order valence-electron chi connectivity index (χ1n) is 6.61. The minimum atomic E-state index is -0.926. The van der Waals surface area contributed by atoms with E-state index in [1.54, 1.807) is 31.0 Å². The molecule has 1 heterocycles. The first kappa shape index (κ1) is 14.3. The van der Waals surface area contributed by atoms with E-state index in [0.717, 1.165) is 12.8 Å². The van der Waals surface area contributed by atoms with Crippen LogP contribution in [-0.2, 0) is 11.8 Å². The maximum atomic E-state index is 12.5. The monoisotopic (exact) mass is 278 g/mol. The number of nitrogens with zero attached hydrogens (tertiary/aromatic N) is 2. The Morgan fingerprint density at radius 1 is 1.45 bits per heavy atom. The van der Waals surface area contributed by atoms with Gasteiger partial charge in [0.2, 0.25) is 0 Å². The second kappa shape index (κ2) is 5.48. The van der Waals surface area contributed by atoms with Crippen molar-refractivity contribution in [3.8, 4) is 0 Å². The largest absolute Gasteiger partial charge is 0.481 e. The van der Waals surface area contributed by atoms with E-state index in [0.29, 0.717) is 5.69 Å². The van der Waals surface area contributed by atoms with Crippen LogP contribution in [0, 0.1) is 5.92 Å².